The van der Waals surface area contributed by atoms with E-state index in [9.17, 15) is 19.0 Å². The van der Waals surface area contributed by atoms with Crippen molar-refractivity contribution >= 4 is 283 Å². The number of hydrogen-bond donors (Lipinski definition) is 2. The molecule has 0 unspecified atom stereocenters. The van der Waals surface area contributed by atoms with Crippen molar-refractivity contribution in [1.82, 2.24) is 13.2 Å². The molecule has 0 bridgehead atoms. The third-order valence-corrected chi connectivity index (χ3v) is 28.2. The largest absolute Gasteiger partial charge is 0.643 e. The zero-order chi connectivity index (χ0) is 83.6. The molecule has 18 aromatic carbocycles. The van der Waals surface area contributed by atoms with Gasteiger partial charge in [-0.05, 0) is 261 Å². The lowest BCUT2D eigenvalue weighted by molar-refractivity contribution is 0.475. The van der Waals surface area contributed by atoms with Crippen molar-refractivity contribution in [2.75, 3.05) is 14.3 Å². The number of thiophene rings is 3. The van der Waals surface area contributed by atoms with Crippen LogP contribution in [0.4, 0.5) is 8.78 Å². The van der Waals surface area contributed by atoms with Gasteiger partial charge in [0.2, 0.25) is 0 Å². The van der Waals surface area contributed by atoms with Crippen LogP contribution in [-0.2, 0) is 0 Å². The topological polar surface area (TPSA) is 53.7 Å². The minimum atomic E-state index is -1.72. The van der Waals surface area contributed by atoms with Crippen molar-refractivity contribution in [1.29, 1.82) is 0 Å². The number of benzene rings is 18. The summed E-state index contributed by atoms with van der Waals surface area (Å²) >= 11 is 3.80. The Bertz CT molecular complexity index is 8170. The lowest BCUT2D eigenvalue weighted by Gasteiger charge is -2.06. The van der Waals surface area contributed by atoms with Gasteiger partial charge in [-0.15, -0.1) is 34.0 Å². The van der Waals surface area contributed by atoms with E-state index in [-0.39, 0.29) is 5.75 Å². The normalized spacial score (nSPS) is 12.1. The maximum atomic E-state index is 10.5. The van der Waals surface area contributed by atoms with Crippen LogP contribution in [0.2, 0.25) is 0 Å². The molecule has 0 radical (unpaired) electrons. The summed E-state index contributed by atoms with van der Waals surface area (Å²) in [6.07, 6.45) is 0. The van der Waals surface area contributed by atoms with Crippen LogP contribution < -0.4 is 0 Å². The number of aryl methyl sites for hydroxylation is 4. The van der Waals surface area contributed by atoms with Crippen LogP contribution in [-0.4, -0.2) is 49.1 Å². The molecule has 0 saturated carbocycles. The first-order valence-corrected chi connectivity index (χ1v) is 48.0. The highest BCUT2D eigenvalue weighted by Crippen LogP contribution is 2.51. The molecular weight excluding hydrogens is 1640 g/mol. The molecule has 586 valence electrons. The Morgan fingerprint density at radius 3 is 0.852 bits per heavy atom. The summed E-state index contributed by atoms with van der Waals surface area (Å²) in [5.41, 5.74) is 23.8. The SMILES string of the molecule is CF.Cc1ccc2c(c1)sc1ccc3cc4c5cc(-c6ccccc6)cc6c7ccc(C)cc7n(c4cc3c12)c65.Cc1ccc2c(c1)sc1ccc3cc4c5cc(-c6ccccc6)cc6c7ccc(C)cc7n(c4cc3c12)c65.Oc1ccc2c(c1)sc1ccc3cc4c5cc(-c6ccccc6)cc6c7ccc(O)cc7n(c4cc3c12)c65.[2H]CF.[Cl][Al]([Cl])[Cl]. The van der Waals surface area contributed by atoms with Gasteiger partial charge in [0.05, 0.1) is 65.4 Å². The second kappa shape index (κ2) is 29.5. The van der Waals surface area contributed by atoms with Crippen LogP contribution in [0.1, 0.15) is 23.6 Å². The Balaban J connectivity index is 0.000000105. The Kier molecular flexibility index (Phi) is 18.1. The molecule has 0 atom stereocenters. The zero-order valence-electron chi connectivity index (χ0n) is 67.6. The second-order valence-electron chi connectivity index (χ2n) is 31.9. The maximum absolute atomic E-state index is 10.5. The van der Waals surface area contributed by atoms with Crippen molar-refractivity contribution in [3.63, 3.8) is 0 Å². The lowest BCUT2D eigenvalue weighted by Crippen LogP contribution is -1.83. The first-order chi connectivity index (χ1) is 60.1. The fourth-order valence-electron chi connectivity index (χ4n) is 19.7. The summed E-state index contributed by atoms with van der Waals surface area (Å²) in [6.45, 7) is 8.75. The van der Waals surface area contributed by atoms with Gasteiger partial charge >= 0.3 is 11.4 Å². The van der Waals surface area contributed by atoms with Crippen LogP contribution in [0.3, 0.4) is 0 Å². The molecule has 0 aliphatic heterocycles. The van der Waals surface area contributed by atoms with Crippen molar-refractivity contribution in [2.45, 2.75) is 27.7 Å². The maximum Gasteiger partial charge on any atom is 0.643 e. The van der Waals surface area contributed by atoms with Gasteiger partial charge < -0.3 is 23.4 Å². The quantitative estimate of drug-likeness (QED) is 0.173. The Morgan fingerprint density at radius 1 is 0.254 bits per heavy atom. The van der Waals surface area contributed by atoms with Gasteiger partial charge in [0, 0.05) is 131 Å². The monoisotopic (exact) mass is 1710 g/mol. The number of phenols is 2. The summed E-state index contributed by atoms with van der Waals surface area (Å²) in [5.74, 6) is 0.557. The highest BCUT2D eigenvalue weighted by molar-refractivity contribution is 7.54. The van der Waals surface area contributed by atoms with E-state index in [1.165, 1.54) is 236 Å². The van der Waals surface area contributed by atoms with E-state index in [0.29, 0.717) is 12.9 Å². The Labute approximate surface area is 728 Å². The Hall–Kier alpha value is -12.3. The van der Waals surface area contributed by atoms with E-state index in [2.05, 4.69) is 308 Å². The number of aromatic hydroxyl groups is 2. The van der Waals surface area contributed by atoms with E-state index in [0.717, 1.165) is 26.5 Å². The van der Waals surface area contributed by atoms with E-state index >= 15 is 0 Å². The Morgan fingerprint density at radius 2 is 0.516 bits per heavy atom. The molecule has 0 aliphatic rings. The summed E-state index contributed by atoms with van der Waals surface area (Å²) < 4.78 is 40.1. The summed E-state index contributed by atoms with van der Waals surface area (Å²) in [7, 11) is 14.3. The number of nitrogens with zero attached hydrogens (tertiary/aromatic N) is 3. The number of fused-ring (bicyclic) bond motifs is 33. The molecule has 0 saturated heterocycles. The molecule has 14 heteroatoms. The minimum absolute atomic E-state index is 0.265. The molecule has 27 aromatic rings. The smallest absolute Gasteiger partial charge is 0.508 e. The summed E-state index contributed by atoms with van der Waals surface area (Å²) in [4.78, 5) is 0. The average molecular weight is 1710 g/mol. The fraction of sp³-hybridized carbons (Fsp3) is 0.0556. The molecular formula is C108H71AlCl3F2N3O2S3. The van der Waals surface area contributed by atoms with E-state index in [1.807, 2.05) is 53.0 Å². The first kappa shape index (κ1) is 74.7. The van der Waals surface area contributed by atoms with Gasteiger partial charge in [-0.1, -0.05) is 158 Å². The molecule has 0 spiro atoms. The van der Waals surface area contributed by atoms with Gasteiger partial charge in [-0.3, -0.25) is 8.78 Å². The van der Waals surface area contributed by atoms with E-state index in [1.54, 1.807) is 23.5 Å². The van der Waals surface area contributed by atoms with Crippen molar-refractivity contribution in [3.8, 4) is 44.9 Å². The number of alkyl halides is 2. The van der Waals surface area contributed by atoms with Gasteiger partial charge in [0.25, 0.3) is 0 Å². The van der Waals surface area contributed by atoms with Gasteiger partial charge in [0.1, 0.15) is 11.5 Å². The van der Waals surface area contributed by atoms with Crippen LogP contribution in [0.5, 0.6) is 11.5 Å². The number of halogens is 5. The van der Waals surface area contributed by atoms with Crippen LogP contribution in [0, 0.1) is 27.7 Å². The third-order valence-electron chi connectivity index (χ3n) is 24.8. The number of phenolic OH excluding ortho intramolecular Hbond substituents is 2. The van der Waals surface area contributed by atoms with Crippen molar-refractivity contribution < 1.29 is 20.4 Å². The highest BCUT2D eigenvalue weighted by Gasteiger charge is 2.26. The summed E-state index contributed by atoms with van der Waals surface area (Å²) in [5, 5.41) is 51.5. The number of aromatic nitrogens is 3. The predicted molar refractivity (Wildman–Crippen MR) is 530 cm³/mol. The highest BCUT2D eigenvalue weighted by atomic mass is 35.8. The third kappa shape index (κ3) is 11.9. The second-order valence-corrected chi connectivity index (χ2v) is 41.6. The molecule has 27 rings (SSSR count). The summed E-state index contributed by atoms with van der Waals surface area (Å²) in [6, 6.07) is 113. The number of hydrogen-bond acceptors (Lipinski definition) is 5. The molecule has 0 aliphatic carbocycles. The predicted octanol–water partition coefficient (Wildman–Crippen LogP) is 33.6. The fourth-order valence-corrected chi connectivity index (χ4v) is 23.3. The zero-order valence-corrected chi connectivity index (χ0v) is 72.5. The van der Waals surface area contributed by atoms with Crippen LogP contribution in [0.15, 0.2) is 309 Å². The lowest BCUT2D eigenvalue weighted by atomic mass is 9.97. The van der Waals surface area contributed by atoms with E-state index < -0.39 is 18.5 Å². The molecule has 0 amide bonds. The molecule has 9 heterocycles. The average Bonchev–Trinajstić information content (AvgIpc) is 1.54. The van der Waals surface area contributed by atoms with Crippen molar-refractivity contribution in [3.05, 3.63) is 332 Å². The van der Waals surface area contributed by atoms with Gasteiger partial charge in [0.15, 0.2) is 0 Å². The minimum Gasteiger partial charge on any atom is -0.508 e. The van der Waals surface area contributed by atoms with Crippen LogP contribution >= 0.6 is 64.2 Å². The van der Waals surface area contributed by atoms with Gasteiger partial charge in [-0.2, -0.15) is 0 Å². The first-order valence-electron chi connectivity index (χ1n) is 41.0. The molecule has 0 fully saturated rings. The molecule has 2 N–H and O–H groups in total. The van der Waals surface area contributed by atoms with E-state index in [4.69, 9.17) is 31.5 Å². The van der Waals surface area contributed by atoms with Gasteiger partial charge in [-0.25, -0.2) is 30.1 Å². The molecule has 9 aromatic heterocycles. The molecule has 5 nitrogen and oxygen atoms in total. The molecule has 122 heavy (non-hydrogen) atoms. The van der Waals surface area contributed by atoms with Crippen molar-refractivity contribution in [2.24, 2.45) is 0 Å². The number of rotatable bonds is 3. The standard InChI is InChI=1S/2C36H23NS.C34H19NO2S.2CH3F.Al.3ClH/c2*1-20-8-11-25-29-17-24(22-6-4-3-5-7-22)18-30-28-16-23-10-13-33-35(26-12-9-21(2)15-34(26)38-33)27(23)19-32(28)37(36(29)30)31(25)14-20;36-21-7-9-23-27-13-20(18-4-2-1-3-5-18)14-28-26-12-19-6-11-31-33(24-10-8-22(37)16-32(24)38-31)25(19)17-30(26)35(34(27)28)29(23)15-21;2*1-2;;;;/h2*3-19H,1-2H3;1-17,36-37H;2*1H3;;3*1H/q;;;;;+3;;;/p-3/i;;;1D;;;;;. The van der Waals surface area contributed by atoms with Crippen LogP contribution in [0.25, 0.3) is 240 Å².